The number of halogens is 4. The first-order valence-electron chi connectivity index (χ1n) is 5.42. The van der Waals surface area contributed by atoms with E-state index in [2.05, 4.69) is 5.32 Å². The van der Waals surface area contributed by atoms with Gasteiger partial charge in [0.2, 0.25) is 0 Å². The number of aryl methyl sites for hydroxylation is 1. The van der Waals surface area contributed by atoms with Crippen molar-refractivity contribution in [1.82, 2.24) is 5.32 Å². The predicted molar refractivity (Wildman–Crippen MR) is 58.2 cm³/mol. The van der Waals surface area contributed by atoms with E-state index in [0.29, 0.717) is 12.0 Å². The first-order chi connectivity index (χ1) is 7.86. The van der Waals surface area contributed by atoms with Crippen molar-refractivity contribution in [2.75, 3.05) is 6.54 Å². The van der Waals surface area contributed by atoms with Gasteiger partial charge in [-0.3, -0.25) is 0 Å². The number of alkyl halides is 3. The molecule has 0 aliphatic heterocycles. The van der Waals surface area contributed by atoms with E-state index in [4.69, 9.17) is 0 Å². The van der Waals surface area contributed by atoms with E-state index in [1.807, 2.05) is 0 Å². The first kappa shape index (κ1) is 14.0. The van der Waals surface area contributed by atoms with Gasteiger partial charge in [0.25, 0.3) is 0 Å². The molecular weight excluding hydrogens is 234 g/mol. The Kier molecular flexibility index (Phi) is 4.51. The van der Waals surface area contributed by atoms with Crippen molar-refractivity contribution >= 4 is 0 Å². The summed E-state index contributed by atoms with van der Waals surface area (Å²) in [7, 11) is 0. The highest BCUT2D eigenvalue weighted by molar-refractivity contribution is 5.26. The Bertz CT molecular complexity index is 373. The zero-order chi connectivity index (χ0) is 13.1. The smallest absolute Gasteiger partial charge is 0.302 e. The van der Waals surface area contributed by atoms with Gasteiger partial charge < -0.3 is 5.32 Å². The van der Waals surface area contributed by atoms with Crippen molar-refractivity contribution in [3.8, 4) is 0 Å². The van der Waals surface area contributed by atoms with Crippen LogP contribution in [0.3, 0.4) is 0 Å². The zero-order valence-corrected chi connectivity index (χ0v) is 9.74. The third-order valence-electron chi connectivity index (χ3n) is 2.46. The third kappa shape index (κ3) is 3.70. The summed E-state index contributed by atoms with van der Waals surface area (Å²) in [5, 5.41) is 2.38. The van der Waals surface area contributed by atoms with Crippen LogP contribution in [0, 0.1) is 12.7 Å². The fraction of sp³-hybridized carbons (Fsp3) is 0.500. The summed E-state index contributed by atoms with van der Waals surface area (Å²) in [6, 6.07) is 1.80. The molecule has 0 saturated carbocycles. The van der Waals surface area contributed by atoms with Crippen LogP contribution in [0.4, 0.5) is 17.6 Å². The molecule has 17 heavy (non-hydrogen) atoms. The predicted octanol–water partition coefficient (Wildman–Crippen LogP) is 3.74. The minimum Gasteiger partial charge on any atom is -0.302 e. The van der Waals surface area contributed by atoms with Crippen LogP contribution in [-0.4, -0.2) is 12.7 Å². The van der Waals surface area contributed by atoms with Crippen molar-refractivity contribution in [3.63, 3.8) is 0 Å². The minimum atomic E-state index is -4.42. The van der Waals surface area contributed by atoms with Crippen molar-refractivity contribution in [1.29, 1.82) is 0 Å². The first-order valence-corrected chi connectivity index (χ1v) is 5.42. The quantitative estimate of drug-likeness (QED) is 0.801. The Morgan fingerprint density at radius 3 is 2.41 bits per heavy atom. The minimum absolute atomic E-state index is 0.0888. The molecule has 0 fully saturated rings. The Hall–Kier alpha value is -1.10. The van der Waals surface area contributed by atoms with Gasteiger partial charge in [-0.15, -0.1) is 0 Å². The van der Waals surface area contributed by atoms with E-state index in [9.17, 15) is 17.6 Å². The molecule has 0 radical (unpaired) electrons. The largest absolute Gasteiger partial charge is 0.407 e. The van der Waals surface area contributed by atoms with Crippen molar-refractivity contribution < 1.29 is 17.6 Å². The maximum Gasteiger partial charge on any atom is 0.407 e. The van der Waals surface area contributed by atoms with Crippen molar-refractivity contribution in [2.24, 2.45) is 0 Å². The number of hydrogen-bond donors (Lipinski definition) is 1. The van der Waals surface area contributed by atoms with Gasteiger partial charge in [-0.2, -0.15) is 13.2 Å². The van der Waals surface area contributed by atoms with Crippen LogP contribution in [-0.2, 0) is 0 Å². The fourth-order valence-electron chi connectivity index (χ4n) is 1.50. The number of nitrogens with one attached hydrogen (secondary N) is 1. The van der Waals surface area contributed by atoms with Crippen molar-refractivity contribution in [2.45, 2.75) is 32.5 Å². The number of benzene rings is 1. The van der Waals surface area contributed by atoms with E-state index in [1.165, 1.54) is 19.1 Å². The van der Waals surface area contributed by atoms with Crippen LogP contribution in [0.2, 0.25) is 0 Å². The molecule has 5 heteroatoms. The molecule has 0 bridgehead atoms. The summed E-state index contributed by atoms with van der Waals surface area (Å²) >= 11 is 0. The zero-order valence-electron chi connectivity index (χ0n) is 9.74. The van der Waals surface area contributed by atoms with Crippen LogP contribution in [0.15, 0.2) is 18.2 Å². The molecule has 1 atom stereocenters. The van der Waals surface area contributed by atoms with Gasteiger partial charge in [-0.05, 0) is 37.1 Å². The lowest BCUT2D eigenvalue weighted by Gasteiger charge is -2.22. The molecule has 0 aromatic heterocycles. The van der Waals surface area contributed by atoms with Gasteiger partial charge in [-0.25, -0.2) is 4.39 Å². The lowest BCUT2D eigenvalue weighted by Crippen LogP contribution is -2.34. The average Bonchev–Trinajstić information content (AvgIpc) is 2.22. The summed E-state index contributed by atoms with van der Waals surface area (Å²) in [6.45, 7) is 3.52. The topological polar surface area (TPSA) is 12.0 Å². The Morgan fingerprint density at radius 2 is 1.94 bits per heavy atom. The monoisotopic (exact) mass is 249 g/mol. The Labute approximate surface area is 97.8 Å². The lowest BCUT2D eigenvalue weighted by atomic mass is 10.0. The van der Waals surface area contributed by atoms with E-state index in [-0.39, 0.29) is 12.1 Å². The fourth-order valence-corrected chi connectivity index (χ4v) is 1.50. The van der Waals surface area contributed by atoms with Gasteiger partial charge in [-0.1, -0.05) is 19.1 Å². The maximum absolute atomic E-state index is 13.3. The van der Waals surface area contributed by atoms with E-state index < -0.39 is 18.0 Å². The van der Waals surface area contributed by atoms with Crippen LogP contribution < -0.4 is 5.32 Å². The molecule has 1 rings (SSSR count). The van der Waals surface area contributed by atoms with Gasteiger partial charge in [0.05, 0.1) is 0 Å². The molecule has 0 aliphatic rings. The highest BCUT2D eigenvalue weighted by atomic mass is 19.4. The molecule has 1 aromatic carbocycles. The van der Waals surface area contributed by atoms with Gasteiger partial charge >= 0.3 is 6.18 Å². The van der Waals surface area contributed by atoms with Gasteiger partial charge in [0.1, 0.15) is 11.9 Å². The molecule has 1 aromatic rings. The third-order valence-corrected chi connectivity index (χ3v) is 2.46. The summed E-state index contributed by atoms with van der Waals surface area (Å²) in [6.07, 6.45) is -3.84. The molecule has 1 unspecified atom stereocenters. The molecular formula is C12H15F4N. The Morgan fingerprint density at radius 1 is 1.29 bits per heavy atom. The molecule has 1 nitrogen and oxygen atoms in total. The van der Waals surface area contributed by atoms with Gasteiger partial charge in [0.15, 0.2) is 0 Å². The van der Waals surface area contributed by atoms with Crippen LogP contribution in [0.1, 0.15) is 30.5 Å². The number of rotatable bonds is 4. The van der Waals surface area contributed by atoms with Gasteiger partial charge in [0, 0.05) is 0 Å². The second-order valence-corrected chi connectivity index (χ2v) is 3.94. The van der Waals surface area contributed by atoms with Crippen molar-refractivity contribution in [3.05, 3.63) is 35.1 Å². The standard InChI is InChI=1S/C12H15F4N/c1-3-6-17-11(12(14,15)16)9-5-4-8(2)10(13)7-9/h4-5,7,11,17H,3,6H2,1-2H3. The second-order valence-electron chi connectivity index (χ2n) is 3.94. The van der Waals surface area contributed by atoms with Crippen LogP contribution in [0.5, 0.6) is 0 Å². The van der Waals surface area contributed by atoms with Crippen LogP contribution >= 0.6 is 0 Å². The summed E-state index contributed by atoms with van der Waals surface area (Å²) in [4.78, 5) is 0. The highest BCUT2D eigenvalue weighted by Gasteiger charge is 2.40. The van der Waals surface area contributed by atoms with E-state index >= 15 is 0 Å². The highest BCUT2D eigenvalue weighted by Crippen LogP contribution is 2.33. The summed E-state index contributed by atoms with van der Waals surface area (Å²) < 4.78 is 51.6. The molecule has 96 valence electrons. The molecule has 0 spiro atoms. The molecule has 0 saturated heterocycles. The van der Waals surface area contributed by atoms with E-state index in [1.54, 1.807) is 6.92 Å². The molecule has 0 heterocycles. The maximum atomic E-state index is 13.3. The second kappa shape index (κ2) is 5.49. The normalized spacial score (nSPS) is 13.8. The SMILES string of the molecule is CCCNC(c1ccc(C)c(F)c1)C(F)(F)F. The number of hydrogen-bond acceptors (Lipinski definition) is 1. The van der Waals surface area contributed by atoms with E-state index in [0.717, 1.165) is 6.07 Å². The summed E-state index contributed by atoms with van der Waals surface area (Å²) in [5.74, 6) is -0.616. The summed E-state index contributed by atoms with van der Waals surface area (Å²) in [5.41, 5.74) is 0.249. The molecule has 1 N–H and O–H groups in total. The van der Waals surface area contributed by atoms with Crippen LogP contribution in [0.25, 0.3) is 0 Å². The lowest BCUT2D eigenvalue weighted by molar-refractivity contribution is -0.157. The molecule has 0 amide bonds. The Balaban J connectivity index is 3.00. The molecule has 0 aliphatic carbocycles. The average molecular weight is 249 g/mol.